The minimum absolute atomic E-state index is 0.0207. The van der Waals surface area contributed by atoms with Gasteiger partial charge in [-0.1, -0.05) is 44.2 Å². The van der Waals surface area contributed by atoms with Crippen LogP contribution in [0.4, 0.5) is 14.5 Å². The molecule has 0 fully saturated rings. The number of halogens is 2. The minimum atomic E-state index is -0.818. The van der Waals surface area contributed by atoms with E-state index in [0.717, 1.165) is 18.9 Å². The average Bonchev–Trinajstić information content (AvgIpc) is 2.46. The van der Waals surface area contributed by atoms with Gasteiger partial charge in [-0.3, -0.25) is 0 Å². The maximum atomic E-state index is 13.9. The molecule has 2 aromatic rings. The monoisotopic (exact) mass is 287 g/mol. The molecule has 0 heterocycles. The number of anilines is 1. The van der Waals surface area contributed by atoms with Crippen molar-refractivity contribution in [1.82, 2.24) is 0 Å². The normalized spacial score (nSPS) is 19.9. The smallest absolute Gasteiger partial charge is 0.181 e. The molecule has 1 aliphatic carbocycles. The van der Waals surface area contributed by atoms with Crippen LogP contribution < -0.4 is 5.32 Å². The summed E-state index contributed by atoms with van der Waals surface area (Å²) >= 11 is 0. The fourth-order valence-electron chi connectivity index (χ4n) is 3.11. The van der Waals surface area contributed by atoms with Crippen molar-refractivity contribution < 1.29 is 8.78 Å². The van der Waals surface area contributed by atoms with E-state index in [2.05, 4.69) is 31.3 Å². The molecule has 0 radical (unpaired) electrons. The highest BCUT2D eigenvalue weighted by Crippen LogP contribution is 2.45. The lowest BCUT2D eigenvalue weighted by Gasteiger charge is -2.41. The Kier molecular flexibility index (Phi) is 3.44. The number of hydrogen-bond donors (Lipinski definition) is 1. The zero-order chi connectivity index (χ0) is 15.0. The molecule has 110 valence electrons. The van der Waals surface area contributed by atoms with Crippen LogP contribution >= 0.6 is 0 Å². The van der Waals surface area contributed by atoms with Crippen molar-refractivity contribution in [3.63, 3.8) is 0 Å². The van der Waals surface area contributed by atoms with Crippen LogP contribution in [0.3, 0.4) is 0 Å². The Morgan fingerprint density at radius 3 is 2.62 bits per heavy atom. The van der Waals surface area contributed by atoms with E-state index in [1.807, 2.05) is 12.1 Å². The molecule has 1 nitrogen and oxygen atoms in total. The lowest BCUT2D eigenvalue weighted by Crippen LogP contribution is -2.33. The third-order valence-corrected chi connectivity index (χ3v) is 4.44. The Morgan fingerprint density at radius 1 is 1.05 bits per heavy atom. The summed E-state index contributed by atoms with van der Waals surface area (Å²) in [4.78, 5) is 0. The summed E-state index contributed by atoms with van der Waals surface area (Å²) in [5, 5.41) is 3.22. The van der Waals surface area contributed by atoms with Crippen LogP contribution in [0.1, 0.15) is 37.4 Å². The lowest BCUT2D eigenvalue weighted by atomic mass is 9.70. The maximum Gasteiger partial charge on any atom is 0.181 e. The molecule has 0 bridgehead atoms. The summed E-state index contributed by atoms with van der Waals surface area (Å²) in [5.41, 5.74) is 2.67. The van der Waals surface area contributed by atoms with E-state index in [1.165, 1.54) is 17.2 Å². The van der Waals surface area contributed by atoms with Crippen molar-refractivity contribution in [3.05, 3.63) is 65.2 Å². The number of benzene rings is 2. The van der Waals surface area contributed by atoms with Gasteiger partial charge < -0.3 is 5.32 Å². The number of rotatable bonds is 2. The fraction of sp³-hybridized carbons (Fsp3) is 0.333. The molecule has 2 aromatic carbocycles. The first-order chi connectivity index (χ1) is 9.99. The van der Waals surface area contributed by atoms with Crippen molar-refractivity contribution in [3.8, 4) is 0 Å². The highest BCUT2D eigenvalue weighted by atomic mass is 19.2. The molecule has 3 rings (SSSR count). The van der Waals surface area contributed by atoms with Gasteiger partial charge in [-0.05, 0) is 41.5 Å². The number of aryl methyl sites for hydroxylation is 1. The standard InChI is InChI=1S/C18H19F2N/c1-18(2)11-10-12-6-3-4-7-13(12)17(18)21-15-9-5-8-14(19)16(15)20/h3-9,17,21H,10-11H2,1-2H3. The first-order valence-corrected chi connectivity index (χ1v) is 7.27. The molecular formula is C18H19F2N. The molecule has 0 saturated carbocycles. The molecule has 0 aromatic heterocycles. The first kappa shape index (κ1) is 14.1. The molecule has 0 amide bonds. The third kappa shape index (κ3) is 2.53. The van der Waals surface area contributed by atoms with E-state index in [4.69, 9.17) is 0 Å². The second-order valence-electron chi connectivity index (χ2n) is 6.37. The summed E-state index contributed by atoms with van der Waals surface area (Å²) < 4.78 is 27.4. The number of fused-ring (bicyclic) bond motifs is 1. The Labute approximate surface area is 124 Å². The van der Waals surface area contributed by atoms with Gasteiger partial charge in [-0.25, -0.2) is 8.78 Å². The summed E-state index contributed by atoms with van der Waals surface area (Å²) in [7, 11) is 0. The van der Waals surface area contributed by atoms with Gasteiger partial charge in [0.2, 0.25) is 0 Å². The predicted molar refractivity (Wildman–Crippen MR) is 81.3 cm³/mol. The minimum Gasteiger partial charge on any atom is -0.375 e. The summed E-state index contributed by atoms with van der Waals surface area (Å²) in [6, 6.07) is 12.4. The zero-order valence-corrected chi connectivity index (χ0v) is 12.3. The zero-order valence-electron chi connectivity index (χ0n) is 12.3. The topological polar surface area (TPSA) is 12.0 Å². The second-order valence-corrected chi connectivity index (χ2v) is 6.37. The van der Waals surface area contributed by atoms with E-state index in [9.17, 15) is 8.78 Å². The van der Waals surface area contributed by atoms with Crippen molar-refractivity contribution >= 4 is 5.69 Å². The van der Waals surface area contributed by atoms with E-state index >= 15 is 0 Å². The van der Waals surface area contributed by atoms with Crippen LogP contribution in [-0.2, 0) is 6.42 Å². The van der Waals surface area contributed by atoms with Gasteiger partial charge in [-0.2, -0.15) is 0 Å². The van der Waals surface area contributed by atoms with Crippen molar-refractivity contribution in [2.24, 2.45) is 5.41 Å². The largest absolute Gasteiger partial charge is 0.375 e. The van der Waals surface area contributed by atoms with Crippen molar-refractivity contribution in [2.75, 3.05) is 5.32 Å². The van der Waals surface area contributed by atoms with Crippen LogP contribution in [0, 0.1) is 17.0 Å². The van der Waals surface area contributed by atoms with Gasteiger partial charge in [0.1, 0.15) is 0 Å². The van der Waals surface area contributed by atoms with Crippen molar-refractivity contribution in [2.45, 2.75) is 32.7 Å². The first-order valence-electron chi connectivity index (χ1n) is 7.27. The Hall–Kier alpha value is -1.90. The summed E-state index contributed by atoms with van der Waals surface area (Å²) in [5.74, 6) is -1.63. The van der Waals surface area contributed by atoms with E-state index in [-0.39, 0.29) is 17.1 Å². The SMILES string of the molecule is CC1(C)CCc2ccccc2C1Nc1cccc(F)c1F. The van der Waals surface area contributed by atoms with Gasteiger partial charge in [0, 0.05) is 0 Å². The van der Waals surface area contributed by atoms with Crippen LogP contribution in [0.5, 0.6) is 0 Å². The quantitative estimate of drug-likeness (QED) is 0.811. The summed E-state index contributed by atoms with van der Waals surface area (Å²) in [6.45, 7) is 4.33. The van der Waals surface area contributed by atoms with Crippen molar-refractivity contribution in [1.29, 1.82) is 0 Å². The molecule has 1 N–H and O–H groups in total. The van der Waals surface area contributed by atoms with Gasteiger partial charge in [0.05, 0.1) is 11.7 Å². The average molecular weight is 287 g/mol. The van der Waals surface area contributed by atoms with Crippen LogP contribution in [-0.4, -0.2) is 0 Å². The molecule has 1 aliphatic rings. The van der Waals surface area contributed by atoms with Crippen LogP contribution in [0.25, 0.3) is 0 Å². The van der Waals surface area contributed by atoms with Gasteiger partial charge >= 0.3 is 0 Å². The fourth-order valence-corrected chi connectivity index (χ4v) is 3.11. The molecule has 21 heavy (non-hydrogen) atoms. The molecule has 1 unspecified atom stereocenters. The highest BCUT2D eigenvalue weighted by Gasteiger charge is 2.36. The Bertz CT molecular complexity index is 664. The summed E-state index contributed by atoms with van der Waals surface area (Å²) in [6.07, 6.45) is 2.03. The van der Waals surface area contributed by atoms with E-state index in [1.54, 1.807) is 6.07 Å². The van der Waals surface area contributed by atoms with E-state index in [0.29, 0.717) is 0 Å². The van der Waals surface area contributed by atoms with Gasteiger partial charge in [0.15, 0.2) is 11.6 Å². The highest BCUT2D eigenvalue weighted by molar-refractivity contribution is 5.49. The molecule has 0 saturated heterocycles. The number of hydrogen-bond acceptors (Lipinski definition) is 1. The predicted octanol–water partition coefficient (Wildman–Crippen LogP) is 5.09. The van der Waals surface area contributed by atoms with Crippen LogP contribution in [0.15, 0.2) is 42.5 Å². The van der Waals surface area contributed by atoms with E-state index < -0.39 is 11.6 Å². The maximum absolute atomic E-state index is 13.9. The van der Waals surface area contributed by atoms with Crippen LogP contribution in [0.2, 0.25) is 0 Å². The molecular weight excluding hydrogens is 268 g/mol. The molecule has 0 aliphatic heterocycles. The number of nitrogens with one attached hydrogen (secondary N) is 1. The van der Waals surface area contributed by atoms with Gasteiger partial charge in [0.25, 0.3) is 0 Å². The Morgan fingerprint density at radius 2 is 1.81 bits per heavy atom. The molecule has 0 spiro atoms. The lowest BCUT2D eigenvalue weighted by molar-refractivity contribution is 0.264. The molecule has 1 atom stereocenters. The van der Waals surface area contributed by atoms with Gasteiger partial charge in [-0.15, -0.1) is 0 Å². The third-order valence-electron chi connectivity index (χ3n) is 4.44. The second kappa shape index (κ2) is 5.14. The Balaban J connectivity index is 2.01. The molecule has 3 heteroatoms.